The predicted molar refractivity (Wildman–Crippen MR) is 55.1 cm³/mol. The van der Waals surface area contributed by atoms with E-state index in [9.17, 15) is 0 Å². The average molecular weight is 207 g/mol. The van der Waals surface area contributed by atoms with Gasteiger partial charge in [-0.1, -0.05) is 19.0 Å². The van der Waals surface area contributed by atoms with Crippen LogP contribution in [0, 0.1) is 11.3 Å². The summed E-state index contributed by atoms with van der Waals surface area (Å²) in [5.41, 5.74) is 6.36. The van der Waals surface area contributed by atoms with Crippen LogP contribution >= 0.6 is 0 Å². The van der Waals surface area contributed by atoms with Crippen LogP contribution in [0.1, 0.15) is 56.8 Å². The standard InChI is InChI=1S/C11H17N3O/c1-11(2)5-7(11)9-13-10(15-14-9)8(12)6-3-4-6/h6-8H,3-5,12H2,1-2H3. The quantitative estimate of drug-likeness (QED) is 0.823. The summed E-state index contributed by atoms with van der Waals surface area (Å²) >= 11 is 0. The molecule has 2 fully saturated rings. The Morgan fingerprint density at radius 3 is 2.67 bits per heavy atom. The summed E-state index contributed by atoms with van der Waals surface area (Å²) in [6.07, 6.45) is 3.56. The molecule has 0 saturated heterocycles. The second kappa shape index (κ2) is 2.82. The highest BCUT2D eigenvalue weighted by Gasteiger charge is 2.49. The van der Waals surface area contributed by atoms with E-state index in [0.29, 0.717) is 23.1 Å². The maximum atomic E-state index is 6.01. The number of hydrogen-bond acceptors (Lipinski definition) is 4. The lowest BCUT2D eigenvalue weighted by Crippen LogP contribution is -2.12. The van der Waals surface area contributed by atoms with Gasteiger partial charge in [0.25, 0.3) is 0 Å². The monoisotopic (exact) mass is 207 g/mol. The van der Waals surface area contributed by atoms with E-state index in [-0.39, 0.29) is 6.04 Å². The highest BCUT2D eigenvalue weighted by molar-refractivity contribution is 5.15. The summed E-state index contributed by atoms with van der Waals surface area (Å²) in [6.45, 7) is 4.46. The Kier molecular flexibility index (Phi) is 1.75. The van der Waals surface area contributed by atoms with E-state index in [4.69, 9.17) is 10.3 Å². The Labute approximate surface area is 89.2 Å². The molecule has 3 rings (SSSR count). The lowest BCUT2D eigenvalue weighted by molar-refractivity contribution is 0.339. The third kappa shape index (κ3) is 1.57. The largest absolute Gasteiger partial charge is 0.338 e. The Morgan fingerprint density at radius 1 is 1.47 bits per heavy atom. The van der Waals surface area contributed by atoms with Gasteiger partial charge in [0.05, 0.1) is 6.04 Å². The van der Waals surface area contributed by atoms with Crippen LogP contribution in [0.4, 0.5) is 0 Å². The molecule has 0 radical (unpaired) electrons. The maximum absolute atomic E-state index is 6.01. The van der Waals surface area contributed by atoms with Gasteiger partial charge in [-0.3, -0.25) is 0 Å². The minimum absolute atomic E-state index is 0.0342. The highest BCUT2D eigenvalue weighted by atomic mass is 16.5. The summed E-state index contributed by atoms with van der Waals surface area (Å²) < 4.78 is 5.24. The zero-order valence-electron chi connectivity index (χ0n) is 9.23. The van der Waals surface area contributed by atoms with Crippen molar-refractivity contribution in [3.8, 4) is 0 Å². The van der Waals surface area contributed by atoms with Crippen LogP contribution in [0.3, 0.4) is 0 Å². The Hall–Kier alpha value is -0.900. The van der Waals surface area contributed by atoms with Gasteiger partial charge in [0, 0.05) is 5.92 Å². The maximum Gasteiger partial charge on any atom is 0.243 e. The first kappa shape index (κ1) is 9.33. The second-order valence-corrected chi connectivity index (χ2v) is 5.60. The molecule has 2 saturated carbocycles. The molecule has 2 aliphatic rings. The van der Waals surface area contributed by atoms with Crippen LogP contribution in [0.25, 0.3) is 0 Å². The summed E-state index contributed by atoms with van der Waals surface area (Å²) in [5, 5.41) is 4.04. The summed E-state index contributed by atoms with van der Waals surface area (Å²) in [4.78, 5) is 4.43. The van der Waals surface area contributed by atoms with Gasteiger partial charge in [0.15, 0.2) is 5.82 Å². The van der Waals surface area contributed by atoms with E-state index in [0.717, 1.165) is 12.2 Å². The van der Waals surface area contributed by atoms with Gasteiger partial charge in [-0.05, 0) is 30.6 Å². The number of rotatable bonds is 3. The fourth-order valence-electron chi connectivity index (χ4n) is 2.09. The van der Waals surface area contributed by atoms with Crippen molar-refractivity contribution in [3.05, 3.63) is 11.7 Å². The van der Waals surface area contributed by atoms with Gasteiger partial charge < -0.3 is 10.3 Å². The van der Waals surface area contributed by atoms with E-state index >= 15 is 0 Å². The molecule has 0 bridgehead atoms. The normalized spacial score (nSPS) is 30.2. The van der Waals surface area contributed by atoms with E-state index in [1.165, 1.54) is 12.8 Å². The minimum Gasteiger partial charge on any atom is -0.338 e. The fourth-order valence-corrected chi connectivity index (χ4v) is 2.09. The van der Waals surface area contributed by atoms with E-state index in [1.54, 1.807) is 0 Å². The van der Waals surface area contributed by atoms with Crippen molar-refractivity contribution in [1.82, 2.24) is 10.1 Å². The average Bonchev–Trinajstić information content (AvgIpc) is 3.06. The van der Waals surface area contributed by atoms with Crippen LogP contribution in [0.2, 0.25) is 0 Å². The third-order valence-corrected chi connectivity index (χ3v) is 3.70. The smallest absolute Gasteiger partial charge is 0.243 e. The van der Waals surface area contributed by atoms with Crippen LogP contribution in [0.15, 0.2) is 4.52 Å². The fraction of sp³-hybridized carbons (Fsp3) is 0.818. The van der Waals surface area contributed by atoms with Crippen molar-refractivity contribution >= 4 is 0 Å². The molecule has 0 spiro atoms. The molecule has 0 aromatic carbocycles. The molecule has 1 heterocycles. The van der Waals surface area contributed by atoms with Crippen molar-refractivity contribution in [2.75, 3.05) is 0 Å². The SMILES string of the molecule is CC1(C)CC1c1noc(C(N)C2CC2)n1. The molecule has 82 valence electrons. The van der Waals surface area contributed by atoms with Gasteiger partial charge in [-0.15, -0.1) is 0 Å². The lowest BCUT2D eigenvalue weighted by atomic mass is 10.1. The molecule has 0 amide bonds. The van der Waals surface area contributed by atoms with Gasteiger partial charge in [0.1, 0.15) is 0 Å². The number of hydrogen-bond donors (Lipinski definition) is 1. The van der Waals surface area contributed by atoms with Crippen molar-refractivity contribution in [1.29, 1.82) is 0 Å². The first-order valence-corrected chi connectivity index (χ1v) is 5.67. The van der Waals surface area contributed by atoms with E-state index in [1.807, 2.05) is 0 Å². The van der Waals surface area contributed by atoms with Crippen LogP contribution in [-0.2, 0) is 0 Å². The summed E-state index contributed by atoms with van der Waals surface area (Å²) in [6, 6.07) is -0.0342. The van der Waals surface area contributed by atoms with Gasteiger partial charge in [-0.25, -0.2) is 0 Å². The van der Waals surface area contributed by atoms with Crippen LogP contribution in [-0.4, -0.2) is 10.1 Å². The Balaban J connectivity index is 1.76. The molecule has 1 aromatic rings. The molecular weight excluding hydrogens is 190 g/mol. The van der Waals surface area contributed by atoms with Crippen LogP contribution < -0.4 is 5.73 Å². The minimum atomic E-state index is -0.0342. The van der Waals surface area contributed by atoms with Crippen molar-refractivity contribution < 1.29 is 4.52 Å². The summed E-state index contributed by atoms with van der Waals surface area (Å²) in [7, 11) is 0. The number of aromatic nitrogens is 2. The molecule has 1 aromatic heterocycles. The molecule has 0 aliphatic heterocycles. The highest BCUT2D eigenvalue weighted by Crippen LogP contribution is 2.57. The molecule has 2 N–H and O–H groups in total. The lowest BCUT2D eigenvalue weighted by Gasteiger charge is -2.01. The van der Waals surface area contributed by atoms with Crippen molar-refractivity contribution in [2.24, 2.45) is 17.1 Å². The van der Waals surface area contributed by atoms with E-state index < -0.39 is 0 Å². The zero-order valence-corrected chi connectivity index (χ0v) is 9.23. The molecule has 2 aliphatic carbocycles. The second-order valence-electron chi connectivity index (χ2n) is 5.60. The van der Waals surface area contributed by atoms with Crippen molar-refractivity contribution in [2.45, 2.75) is 45.1 Å². The first-order chi connectivity index (χ1) is 7.08. The molecule has 4 heteroatoms. The third-order valence-electron chi connectivity index (χ3n) is 3.70. The molecule has 2 unspecified atom stereocenters. The number of nitrogens with zero attached hydrogens (tertiary/aromatic N) is 2. The van der Waals surface area contributed by atoms with Crippen LogP contribution in [0.5, 0.6) is 0 Å². The topological polar surface area (TPSA) is 64.9 Å². The molecule has 4 nitrogen and oxygen atoms in total. The van der Waals surface area contributed by atoms with E-state index in [2.05, 4.69) is 24.0 Å². The Morgan fingerprint density at radius 2 is 2.13 bits per heavy atom. The first-order valence-electron chi connectivity index (χ1n) is 5.67. The molecular formula is C11H17N3O. The molecule has 15 heavy (non-hydrogen) atoms. The van der Waals surface area contributed by atoms with Crippen molar-refractivity contribution in [3.63, 3.8) is 0 Å². The van der Waals surface area contributed by atoms with Gasteiger partial charge >= 0.3 is 0 Å². The number of nitrogens with two attached hydrogens (primary N) is 1. The predicted octanol–water partition coefficient (Wildman–Crippen LogP) is 1.99. The zero-order chi connectivity index (χ0) is 10.6. The van der Waals surface area contributed by atoms with Gasteiger partial charge in [-0.2, -0.15) is 4.98 Å². The Bertz CT molecular complexity index is 364. The van der Waals surface area contributed by atoms with Gasteiger partial charge in [0.2, 0.25) is 5.89 Å². The summed E-state index contributed by atoms with van der Waals surface area (Å²) in [5.74, 6) is 2.54. The molecule has 2 atom stereocenters.